The van der Waals surface area contributed by atoms with Gasteiger partial charge in [0, 0.05) is 17.5 Å². The zero-order valence-electron chi connectivity index (χ0n) is 18.4. The average Bonchev–Trinajstić information content (AvgIpc) is 3.30. The predicted molar refractivity (Wildman–Crippen MR) is 135 cm³/mol. The molecule has 0 aliphatic heterocycles. The van der Waals surface area contributed by atoms with Gasteiger partial charge < -0.3 is 10.6 Å². The number of hydrogen-bond donors (Lipinski definition) is 3. The summed E-state index contributed by atoms with van der Waals surface area (Å²) in [7, 11) is -2.65. The molecule has 0 aliphatic rings. The fourth-order valence-electron chi connectivity index (χ4n) is 3.29. The van der Waals surface area contributed by atoms with Crippen molar-refractivity contribution in [1.82, 2.24) is 25.5 Å². The van der Waals surface area contributed by atoms with E-state index in [4.69, 9.17) is 0 Å². The monoisotopic (exact) mass is 610 g/mol. The largest absolute Gasteiger partial charge is 0.363 e. The molecule has 1 amide bonds. The van der Waals surface area contributed by atoms with E-state index in [1.165, 1.54) is 24.5 Å². The quantitative estimate of drug-likeness (QED) is 0.149. The molecule has 0 spiro atoms. The minimum atomic E-state index is -3.75. The average molecular weight is 610 g/mol. The molecule has 182 valence electrons. The topological polar surface area (TPSA) is 139 Å². The van der Waals surface area contributed by atoms with Crippen LogP contribution in [0.25, 0.3) is 11.0 Å². The highest BCUT2D eigenvalue weighted by Gasteiger charge is 2.18. The fraction of sp³-hybridized carbons (Fsp3) is 0.182. The van der Waals surface area contributed by atoms with Crippen molar-refractivity contribution in [3.05, 3.63) is 77.0 Å². The highest BCUT2D eigenvalue weighted by Crippen LogP contribution is 2.21. The van der Waals surface area contributed by atoms with E-state index < -0.39 is 16.0 Å². The zero-order chi connectivity index (χ0) is 25.0. The maximum absolute atomic E-state index is 13.7. The number of alkyl halides is 1. The molecule has 35 heavy (non-hydrogen) atoms. The summed E-state index contributed by atoms with van der Waals surface area (Å²) in [5, 5.41) is 12.9. The molecule has 0 fully saturated rings. The Hall–Kier alpha value is -3.17. The van der Waals surface area contributed by atoms with E-state index in [9.17, 15) is 17.6 Å². The molecule has 0 bridgehead atoms. The fourth-order valence-corrected chi connectivity index (χ4v) is 4.54. The summed E-state index contributed by atoms with van der Waals surface area (Å²) in [6.07, 6.45) is 1.27. The number of nitrogens with zero attached hydrogens (tertiary/aromatic N) is 3. The summed E-state index contributed by atoms with van der Waals surface area (Å²) >= 11 is 2.08. The molecule has 0 aliphatic carbocycles. The number of aromatic amines is 1. The van der Waals surface area contributed by atoms with Crippen molar-refractivity contribution in [1.29, 1.82) is 0 Å². The second-order valence-electron chi connectivity index (χ2n) is 7.38. The highest BCUT2D eigenvalue weighted by molar-refractivity contribution is 14.1. The Morgan fingerprint density at radius 2 is 1.86 bits per heavy atom. The lowest BCUT2D eigenvalue weighted by Gasteiger charge is -2.08. The number of hydrogen-bond acceptors (Lipinski definition) is 8. The van der Waals surface area contributed by atoms with Crippen LogP contribution in [-0.4, -0.2) is 41.6 Å². The first kappa shape index (κ1) is 24.9. The van der Waals surface area contributed by atoms with Gasteiger partial charge in [-0.3, -0.25) is 14.1 Å². The van der Waals surface area contributed by atoms with Crippen molar-refractivity contribution in [2.24, 2.45) is 0 Å². The number of anilines is 1. The molecule has 3 N–H and O–H groups in total. The Labute approximate surface area is 214 Å². The molecule has 0 atom stereocenters. The molecule has 13 heteroatoms. The molecule has 2 aromatic carbocycles. The first-order valence-electron chi connectivity index (χ1n) is 10.3. The first-order chi connectivity index (χ1) is 16.8. The van der Waals surface area contributed by atoms with Crippen LogP contribution in [0.15, 0.2) is 53.7 Å². The molecule has 2 heterocycles. The van der Waals surface area contributed by atoms with E-state index in [-0.39, 0.29) is 23.0 Å². The number of H-pyrrole nitrogens is 1. The lowest BCUT2D eigenvalue weighted by molar-refractivity contribution is 0.0947. The third-order valence-corrected chi connectivity index (χ3v) is 7.27. The minimum absolute atomic E-state index is 0.0588. The number of rotatable bonds is 9. The molecular formula is C22H20FIN6O4S. The van der Waals surface area contributed by atoms with Gasteiger partial charge in [-0.2, -0.15) is 13.5 Å². The Kier molecular flexibility index (Phi) is 7.57. The van der Waals surface area contributed by atoms with Crippen LogP contribution < -0.4 is 10.6 Å². The van der Waals surface area contributed by atoms with Gasteiger partial charge in [-0.15, -0.1) is 0 Å². The maximum Gasteiger partial charge on any atom is 0.296 e. The molecule has 0 saturated carbocycles. The van der Waals surface area contributed by atoms with Gasteiger partial charge in [0.2, 0.25) is 0 Å². The molecular weight excluding hydrogens is 590 g/mol. The molecule has 0 unspecified atom stereocenters. The van der Waals surface area contributed by atoms with Crippen LogP contribution in [0.2, 0.25) is 0 Å². The van der Waals surface area contributed by atoms with Crippen LogP contribution in [-0.2, 0) is 31.8 Å². The van der Waals surface area contributed by atoms with Gasteiger partial charge in [0.1, 0.15) is 23.2 Å². The van der Waals surface area contributed by atoms with Crippen LogP contribution in [0.5, 0.6) is 0 Å². The summed E-state index contributed by atoms with van der Waals surface area (Å²) in [4.78, 5) is 21.1. The number of nitrogens with one attached hydrogen (secondary N) is 3. The summed E-state index contributed by atoms with van der Waals surface area (Å²) in [5.74, 6) is -0.293. The van der Waals surface area contributed by atoms with Crippen molar-refractivity contribution in [2.45, 2.75) is 22.4 Å². The molecule has 0 radical (unpaired) electrons. The SMILES string of the molecule is COS(=O)(=O)c1ccc(CNc2n[nH]c3c(C(=O)NCc4ccc(F)c(CI)c4)ncnc23)cc1. The second kappa shape index (κ2) is 10.6. The number of amides is 1. The van der Waals surface area contributed by atoms with Crippen LogP contribution in [0.1, 0.15) is 27.2 Å². The standard InChI is InChI=1S/C22H20FIN6O4S/c1-34-35(32,33)16-5-2-13(3-6-16)10-25-21-19-18(29-30-21)20(28-12-27-19)22(31)26-11-14-4-7-17(23)15(8-14)9-24/h2-8,12H,9-11H2,1H3,(H,26,31)(H2,25,29,30). The summed E-state index contributed by atoms with van der Waals surface area (Å²) in [5.41, 5.74) is 3.06. The molecule has 0 saturated heterocycles. The van der Waals surface area contributed by atoms with Crippen molar-refractivity contribution < 1.29 is 21.8 Å². The Bertz CT molecular complexity index is 1480. The van der Waals surface area contributed by atoms with E-state index in [1.807, 2.05) is 0 Å². The lowest BCUT2D eigenvalue weighted by atomic mass is 10.1. The molecule has 4 rings (SSSR count). The van der Waals surface area contributed by atoms with Crippen LogP contribution in [0, 0.1) is 5.82 Å². The molecule has 2 aromatic heterocycles. The number of carbonyl (C=O) groups is 1. The van der Waals surface area contributed by atoms with Gasteiger partial charge in [-0.25, -0.2) is 14.4 Å². The Morgan fingerprint density at radius 1 is 1.11 bits per heavy atom. The van der Waals surface area contributed by atoms with Gasteiger partial charge in [0.15, 0.2) is 11.5 Å². The second-order valence-corrected chi connectivity index (χ2v) is 9.85. The van der Waals surface area contributed by atoms with E-state index in [0.29, 0.717) is 33.4 Å². The van der Waals surface area contributed by atoms with Crippen molar-refractivity contribution in [3.8, 4) is 0 Å². The van der Waals surface area contributed by atoms with E-state index in [1.54, 1.807) is 24.3 Å². The number of benzene rings is 2. The van der Waals surface area contributed by atoms with Gasteiger partial charge in [0.25, 0.3) is 16.0 Å². The normalized spacial score (nSPS) is 11.5. The maximum atomic E-state index is 13.7. The van der Waals surface area contributed by atoms with Crippen molar-refractivity contribution in [3.63, 3.8) is 0 Å². The third kappa shape index (κ3) is 5.57. The zero-order valence-corrected chi connectivity index (χ0v) is 21.4. The summed E-state index contributed by atoms with van der Waals surface area (Å²) < 4.78 is 42.2. The van der Waals surface area contributed by atoms with Crippen molar-refractivity contribution in [2.75, 3.05) is 12.4 Å². The van der Waals surface area contributed by atoms with Crippen LogP contribution in [0.3, 0.4) is 0 Å². The Morgan fingerprint density at radius 3 is 2.57 bits per heavy atom. The predicted octanol–water partition coefficient (Wildman–Crippen LogP) is 3.30. The van der Waals surface area contributed by atoms with Crippen LogP contribution in [0.4, 0.5) is 10.2 Å². The molecule has 10 nitrogen and oxygen atoms in total. The lowest BCUT2D eigenvalue weighted by Crippen LogP contribution is -2.24. The Balaban J connectivity index is 1.45. The van der Waals surface area contributed by atoms with Gasteiger partial charge in [-0.1, -0.05) is 46.9 Å². The van der Waals surface area contributed by atoms with Gasteiger partial charge in [-0.05, 0) is 34.9 Å². The van der Waals surface area contributed by atoms with E-state index >= 15 is 0 Å². The van der Waals surface area contributed by atoms with Crippen LogP contribution >= 0.6 is 22.6 Å². The summed E-state index contributed by atoms with van der Waals surface area (Å²) in [6.45, 7) is 0.546. The van der Waals surface area contributed by atoms with E-state index in [2.05, 4.69) is 57.6 Å². The first-order valence-corrected chi connectivity index (χ1v) is 13.2. The van der Waals surface area contributed by atoms with E-state index in [0.717, 1.165) is 18.2 Å². The van der Waals surface area contributed by atoms with Gasteiger partial charge in [0.05, 0.1) is 12.0 Å². The summed E-state index contributed by atoms with van der Waals surface area (Å²) in [6, 6.07) is 10.9. The molecule has 4 aromatic rings. The van der Waals surface area contributed by atoms with Gasteiger partial charge >= 0.3 is 0 Å². The number of fused-ring (bicyclic) bond motifs is 1. The number of aromatic nitrogens is 4. The number of carbonyl (C=O) groups excluding carboxylic acids is 1. The highest BCUT2D eigenvalue weighted by atomic mass is 127. The third-order valence-electron chi connectivity index (χ3n) is 5.16. The smallest absolute Gasteiger partial charge is 0.296 e. The number of halogens is 2. The van der Waals surface area contributed by atoms with Crippen molar-refractivity contribution >= 4 is 55.5 Å². The minimum Gasteiger partial charge on any atom is -0.363 e.